The second-order valence-electron chi connectivity index (χ2n) is 13.7. The first kappa shape index (κ1) is 43.9. The predicted octanol–water partition coefficient (Wildman–Crippen LogP) is 12.1. The molecule has 45 heavy (non-hydrogen) atoms. The van der Waals surface area contributed by atoms with Gasteiger partial charge in [-0.25, -0.2) is 0 Å². The van der Waals surface area contributed by atoms with Gasteiger partial charge in [-0.15, -0.1) is 0 Å². The van der Waals surface area contributed by atoms with Gasteiger partial charge in [0.15, 0.2) is 0 Å². The number of aliphatic hydroxyl groups is 2. The van der Waals surface area contributed by atoms with Gasteiger partial charge in [-0.1, -0.05) is 199 Å². The third kappa shape index (κ3) is 34.0. The summed E-state index contributed by atoms with van der Waals surface area (Å²) in [6.07, 6.45) is 47.0. The highest BCUT2D eigenvalue weighted by molar-refractivity contribution is 5.76. The Morgan fingerprint density at radius 2 is 0.867 bits per heavy atom. The number of rotatable bonds is 36. The summed E-state index contributed by atoms with van der Waals surface area (Å²) in [6.45, 7) is 4.29. The number of carbonyl (C=O) groups excluding carboxylic acids is 1. The summed E-state index contributed by atoms with van der Waals surface area (Å²) in [5.74, 6) is -0.0720. The van der Waals surface area contributed by atoms with E-state index in [-0.39, 0.29) is 12.5 Å². The number of allylic oxidation sites excluding steroid dienone is 3. The molecule has 2 atom stereocenters. The van der Waals surface area contributed by atoms with Crippen LogP contribution in [0, 0.1) is 0 Å². The zero-order chi connectivity index (χ0) is 32.9. The largest absolute Gasteiger partial charge is 0.394 e. The zero-order valence-electron chi connectivity index (χ0n) is 30.4. The fourth-order valence-electron chi connectivity index (χ4n) is 6.08. The van der Waals surface area contributed by atoms with E-state index in [2.05, 4.69) is 31.3 Å². The van der Waals surface area contributed by atoms with Crippen LogP contribution in [0.15, 0.2) is 24.3 Å². The minimum absolute atomic E-state index is 0.0720. The maximum absolute atomic E-state index is 12.3. The molecular formula is C41H79NO3. The van der Waals surface area contributed by atoms with E-state index in [9.17, 15) is 15.0 Å². The van der Waals surface area contributed by atoms with Crippen LogP contribution in [-0.2, 0) is 4.79 Å². The lowest BCUT2D eigenvalue weighted by Gasteiger charge is -2.19. The van der Waals surface area contributed by atoms with Crippen molar-refractivity contribution in [3.05, 3.63) is 24.3 Å². The molecule has 0 aromatic carbocycles. The monoisotopic (exact) mass is 634 g/mol. The van der Waals surface area contributed by atoms with E-state index in [1.54, 1.807) is 6.08 Å². The van der Waals surface area contributed by atoms with Gasteiger partial charge >= 0.3 is 0 Å². The average molecular weight is 634 g/mol. The summed E-state index contributed by atoms with van der Waals surface area (Å²) in [5, 5.41) is 22.9. The normalized spacial score (nSPS) is 13.2. The van der Waals surface area contributed by atoms with Crippen molar-refractivity contribution >= 4 is 5.91 Å². The number of carbonyl (C=O) groups is 1. The van der Waals surface area contributed by atoms with Gasteiger partial charge in [-0.3, -0.25) is 4.79 Å². The Morgan fingerprint density at radius 1 is 0.511 bits per heavy atom. The Labute approximate surface area is 281 Å². The summed E-state index contributed by atoms with van der Waals surface area (Å²) in [6, 6.07) is -0.633. The lowest BCUT2D eigenvalue weighted by atomic mass is 10.0. The molecule has 0 aliphatic rings. The van der Waals surface area contributed by atoms with Crippen LogP contribution in [0.4, 0.5) is 0 Å². The Hall–Kier alpha value is -1.13. The summed E-state index contributed by atoms with van der Waals surface area (Å²) in [7, 11) is 0. The van der Waals surface area contributed by atoms with Crippen molar-refractivity contribution < 1.29 is 15.0 Å². The standard InChI is InChI=1S/C41H79NO3/c1-3-5-7-9-11-13-15-17-18-19-20-21-22-23-25-27-29-31-33-35-37-41(45)42-39(38-43)40(44)36-34-32-30-28-26-24-16-14-12-10-8-6-4-2/h26,28,34,36,39-40,43-44H,3-25,27,29-33,35,37-38H2,1-2H3,(H,42,45)/b28-26+,36-34+. The van der Waals surface area contributed by atoms with Gasteiger partial charge in [0.05, 0.1) is 18.8 Å². The summed E-state index contributed by atoms with van der Waals surface area (Å²) in [5.41, 5.74) is 0. The molecule has 3 N–H and O–H groups in total. The van der Waals surface area contributed by atoms with Crippen LogP contribution < -0.4 is 5.32 Å². The summed E-state index contributed by atoms with van der Waals surface area (Å²) < 4.78 is 0. The molecule has 0 aromatic heterocycles. The van der Waals surface area contributed by atoms with Crippen LogP contribution in [0.25, 0.3) is 0 Å². The van der Waals surface area contributed by atoms with Gasteiger partial charge in [0, 0.05) is 6.42 Å². The van der Waals surface area contributed by atoms with E-state index in [0.29, 0.717) is 6.42 Å². The molecule has 0 spiro atoms. The van der Waals surface area contributed by atoms with Crippen LogP contribution in [-0.4, -0.2) is 34.9 Å². The minimum atomic E-state index is -0.856. The minimum Gasteiger partial charge on any atom is -0.394 e. The lowest BCUT2D eigenvalue weighted by Crippen LogP contribution is -2.45. The molecule has 1 amide bonds. The second kappa shape index (κ2) is 37.3. The number of hydrogen-bond donors (Lipinski definition) is 3. The van der Waals surface area contributed by atoms with E-state index in [1.807, 2.05) is 6.08 Å². The molecule has 4 nitrogen and oxygen atoms in total. The Balaban J connectivity index is 3.57. The van der Waals surface area contributed by atoms with E-state index in [1.165, 1.54) is 161 Å². The van der Waals surface area contributed by atoms with Crippen molar-refractivity contribution in [2.24, 2.45) is 0 Å². The molecule has 0 aliphatic heterocycles. The molecule has 266 valence electrons. The van der Waals surface area contributed by atoms with Crippen LogP contribution in [0.5, 0.6) is 0 Å². The number of hydrogen-bond acceptors (Lipinski definition) is 3. The van der Waals surface area contributed by atoms with Gasteiger partial charge in [-0.2, -0.15) is 0 Å². The number of aliphatic hydroxyl groups excluding tert-OH is 2. The third-order valence-electron chi connectivity index (χ3n) is 9.19. The molecule has 4 heteroatoms. The molecule has 0 rings (SSSR count). The number of nitrogens with one attached hydrogen (secondary N) is 1. The molecule has 0 bridgehead atoms. The van der Waals surface area contributed by atoms with Gasteiger partial charge in [-0.05, 0) is 32.1 Å². The number of amides is 1. The highest BCUT2D eigenvalue weighted by Gasteiger charge is 2.17. The highest BCUT2D eigenvalue weighted by Crippen LogP contribution is 2.15. The molecule has 2 unspecified atom stereocenters. The summed E-state index contributed by atoms with van der Waals surface area (Å²) in [4.78, 5) is 12.3. The van der Waals surface area contributed by atoms with Crippen molar-refractivity contribution in [1.82, 2.24) is 5.32 Å². The fraction of sp³-hybridized carbons (Fsp3) is 0.878. The van der Waals surface area contributed by atoms with E-state index in [4.69, 9.17) is 0 Å². The smallest absolute Gasteiger partial charge is 0.220 e. The average Bonchev–Trinajstić information content (AvgIpc) is 3.04. The van der Waals surface area contributed by atoms with Crippen molar-refractivity contribution in [1.29, 1.82) is 0 Å². The Morgan fingerprint density at radius 3 is 1.29 bits per heavy atom. The van der Waals surface area contributed by atoms with Gasteiger partial charge in [0.1, 0.15) is 0 Å². The van der Waals surface area contributed by atoms with Gasteiger partial charge in [0.2, 0.25) is 5.91 Å². The van der Waals surface area contributed by atoms with Crippen molar-refractivity contribution in [2.75, 3.05) is 6.61 Å². The molecule has 0 radical (unpaired) electrons. The molecule has 0 saturated carbocycles. The van der Waals surface area contributed by atoms with Crippen LogP contribution in [0.3, 0.4) is 0 Å². The van der Waals surface area contributed by atoms with Crippen molar-refractivity contribution in [3.63, 3.8) is 0 Å². The van der Waals surface area contributed by atoms with Crippen molar-refractivity contribution in [3.8, 4) is 0 Å². The van der Waals surface area contributed by atoms with Crippen LogP contribution in [0.1, 0.15) is 213 Å². The molecular weight excluding hydrogens is 554 g/mol. The first-order chi connectivity index (χ1) is 22.2. The zero-order valence-corrected chi connectivity index (χ0v) is 30.4. The Kier molecular flexibility index (Phi) is 36.4. The Bertz CT molecular complexity index is 647. The van der Waals surface area contributed by atoms with E-state index < -0.39 is 12.1 Å². The maximum atomic E-state index is 12.3. The van der Waals surface area contributed by atoms with Gasteiger partial charge in [0.25, 0.3) is 0 Å². The highest BCUT2D eigenvalue weighted by atomic mass is 16.3. The molecule has 0 aromatic rings. The maximum Gasteiger partial charge on any atom is 0.220 e. The first-order valence-electron chi connectivity index (χ1n) is 20.1. The van der Waals surface area contributed by atoms with Gasteiger partial charge < -0.3 is 15.5 Å². The quantitative estimate of drug-likeness (QED) is 0.0475. The number of unbranched alkanes of at least 4 members (excludes halogenated alkanes) is 27. The van der Waals surface area contributed by atoms with Crippen molar-refractivity contribution in [2.45, 2.75) is 225 Å². The second-order valence-corrected chi connectivity index (χ2v) is 13.7. The molecule has 0 fully saturated rings. The molecule has 0 heterocycles. The molecule has 0 aliphatic carbocycles. The summed E-state index contributed by atoms with van der Waals surface area (Å²) >= 11 is 0. The van der Waals surface area contributed by atoms with Crippen LogP contribution >= 0.6 is 0 Å². The van der Waals surface area contributed by atoms with Crippen LogP contribution in [0.2, 0.25) is 0 Å². The molecule has 0 saturated heterocycles. The lowest BCUT2D eigenvalue weighted by molar-refractivity contribution is -0.123. The van der Waals surface area contributed by atoms with E-state index in [0.717, 1.165) is 32.1 Å². The fourth-order valence-corrected chi connectivity index (χ4v) is 6.08. The topological polar surface area (TPSA) is 69.6 Å². The predicted molar refractivity (Wildman–Crippen MR) is 198 cm³/mol. The SMILES string of the molecule is CCCCCCCCC/C=C/CC/C=C/C(O)C(CO)NC(=O)CCCCCCCCCCCCCCCCCCCCCC. The first-order valence-corrected chi connectivity index (χ1v) is 20.1. The third-order valence-corrected chi connectivity index (χ3v) is 9.19. The van der Waals surface area contributed by atoms with E-state index >= 15 is 0 Å².